The normalized spacial score (nSPS) is 14.2. The average molecular weight is 184 g/mol. The van der Waals surface area contributed by atoms with Crippen molar-refractivity contribution in [2.45, 2.75) is 0 Å². The van der Waals surface area contributed by atoms with Gasteiger partial charge in [0.2, 0.25) is 5.78 Å². The van der Waals surface area contributed by atoms with E-state index in [1.54, 1.807) is 0 Å². The van der Waals surface area contributed by atoms with E-state index in [4.69, 9.17) is 9.84 Å². The lowest BCUT2D eigenvalue weighted by molar-refractivity contribution is 0.0702. The standard InChI is InChI=1S/C7H4O4S/c8-3-2-11-4-1-5(7(9)10)12-6(3)4/h1H,2H2,(H,9,10). The Morgan fingerprint density at radius 3 is 3.00 bits per heavy atom. The Morgan fingerprint density at radius 1 is 1.67 bits per heavy atom. The Bertz CT molecular complexity index is 365. The van der Waals surface area contributed by atoms with E-state index in [1.165, 1.54) is 6.07 Å². The van der Waals surface area contributed by atoms with Crippen molar-refractivity contribution in [1.82, 2.24) is 0 Å². The van der Waals surface area contributed by atoms with Gasteiger partial charge in [-0.05, 0) is 0 Å². The fraction of sp³-hybridized carbons (Fsp3) is 0.143. The third kappa shape index (κ3) is 0.902. The van der Waals surface area contributed by atoms with E-state index in [0.29, 0.717) is 10.6 Å². The van der Waals surface area contributed by atoms with Crippen LogP contribution in [0.2, 0.25) is 0 Å². The van der Waals surface area contributed by atoms with Gasteiger partial charge < -0.3 is 9.84 Å². The van der Waals surface area contributed by atoms with E-state index in [0.717, 1.165) is 11.3 Å². The molecule has 4 nitrogen and oxygen atoms in total. The molecule has 62 valence electrons. The van der Waals surface area contributed by atoms with Gasteiger partial charge >= 0.3 is 5.97 Å². The summed E-state index contributed by atoms with van der Waals surface area (Å²) in [5.41, 5.74) is 0. The number of ketones is 1. The SMILES string of the molecule is O=C(O)c1cc2c(s1)C(=O)CO2. The number of aromatic carboxylic acids is 1. The van der Waals surface area contributed by atoms with Crippen molar-refractivity contribution in [3.05, 3.63) is 15.8 Å². The number of carbonyl (C=O) groups excluding carboxylic acids is 1. The van der Waals surface area contributed by atoms with Crippen molar-refractivity contribution in [1.29, 1.82) is 0 Å². The number of Topliss-reactive ketones (excluding diaryl/α,β-unsaturated/α-hetero) is 1. The monoisotopic (exact) mass is 184 g/mol. The van der Waals surface area contributed by atoms with Gasteiger partial charge in [-0.3, -0.25) is 4.79 Å². The lowest BCUT2D eigenvalue weighted by Crippen LogP contribution is -1.99. The first-order chi connectivity index (χ1) is 5.68. The van der Waals surface area contributed by atoms with Crippen LogP contribution < -0.4 is 4.74 Å². The minimum atomic E-state index is -1.02. The summed E-state index contributed by atoms with van der Waals surface area (Å²) in [4.78, 5) is 22.0. The largest absolute Gasteiger partial charge is 0.484 e. The maximum atomic E-state index is 11.0. The zero-order valence-electron chi connectivity index (χ0n) is 5.86. The molecule has 0 amide bonds. The molecule has 1 N–H and O–H groups in total. The molecule has 5 heteroatoms. The first-order valence-corrected chi connectivity index (χ1v) is 4.03. The summed E-state index contributed by atoms with van der Waals surface area (Å²) in [7, 11) is 0. The second-order valence-corrected chi connectivity index (χ2v) is 3.37. The van der Waals surface area contributed by atoms with Gasteiger partial charge in [-0.1, -0.05) is 0 Å². The average Bonchev–Trinajstić information content (AvgIpc) is 2.53. The second-order valence-electron chi connectivity index (χ2n) is 2.32. The summed E-state index contributed by atoms with van der Waals surface area (Å²) in [5.74, 6) is -0.754. The van der Waals surface area contributed by atoms with Crippen molar-refractivity contribution in [3.63, 3.8) is 0 Å². The van der Waals surface area contributed by atoms with Crippen LogP contribution in [0.1, 0.15) is 19.3 Å². The molecule has 0 aromatic carbocycles. The fourth-order valence-electron chi connectivity index (χ4n) is 0.990. The Labute approximate surface area is 71.4 Å². The number of hydrogen-bond donors (Lipinski definition) is 1. The molecule has 0 spiro atoms. The topological polar surface area (TPSA) is 63.6 Å². The van der Waals surface area contributed by atoms with Crippen LogP contribution in [0.4, 0.5) is 0 Å². The smallest absolute Gasteiger partial charge is 0.346 e. The molecular weight excluding hydrogens is 180 g/mol. The first kappa shape index (κ1) is 7.30. The third-order valence-electron chi connectivity index (χ3n) is 1.52. The number of rotatable bonds is 1. The van der Waals surface area contributed by atoms with Crippen LogP contribution in [0, 0.1) is 0 Å². The van der Waals surface area contributed by atoms with Gasteiger partial charge in [0.1, 0.15) is 15.5 Å². The molecule has 0 fully saturated rings. The van der Waals surface area contributed by atoms with Crippen LogP contribution in [-0.2, 0) is 0 Å². The predicted molar refractivity (Wildman–Crippen MR) is 41.1 cm³/mol. The van der Waals surface area contributed by atoms with Crippen molar-refractivity contribution < 1.29 is 19.4 Å². The predicted octanol–water partition coefficient (Wildman–Crippen LogP) is 1.02. The van der Waals surface area contributed by atoms with Gasteiger partial charge in [0.05, 0.1) is 0 Å². The summed E-state index contributed by atoms with van der Waals surface area (Å²) in [6.45, 7) is 0.0427. The highest BCUT2D eigenvalue weighted by atomic mass is 32.1. The van der Waals surface area contributed by atoms with Crippen LogP contribution >= 0.6 is 11.3 Å². The fourth-order valence-corrected chi connectivity index (χ4v) is 1.85. The summed E-state index contributed by atoms with van der Waals surface area (Å²) in [6, 6.07) is 1.38. The number of carboxylic acids is 1. The Hall–Kier alpha value is -1.36. The molecule has 1 aromatic rings. The summed E-state index contributed by atoms with van der Waals surface area (Å²) < 4.78 is 4.94. The molecule has 2 heterocycles. The maximum absolute atomic E-state index is 11.0. The molecule has 0 atom stereocenters. The van der Waals surface area contributed by atoms with Gasteiger partial charge in [0.15, 0.2) is 6.61 Å². The number of hydrogen-bond acceptors (Lipinski definition) is 4. The Kier molecular flexibility index (Phi) is 1.41. The highest BCUT2D eigenvalue weighted by Gasteiger charge is 2.26. The zero-order valence-corrected chi connectivity index (χ0v) is 6.68. The van der Waals surface area contributed by atoms with E-state index < -0.39 is 5.97 Å². The summed E-state index contributed by atoms with van der Waals surface area (Å²) >= 11 is 0.964. The van der Waals surface area contributed by atoms with Gasteiger partial charge in [-0.25, -0.2) is 4.79 Å². The van der Waals surface area contributed by atoms with Crippen molar-refractivity contribution >= 4 is 23.1 Å². The van der Waals surface area contributed by atoms with Crippen molar-refractivity contribution in [2.24, 2.45) is 0 Å². The van der Waals surface area contributed by atoms with E-state index >= 15 is 0 Å². The molecule has 0 saturated heterocycles. The van der Waals surface area contributed by atoms with Gasteiger partial charge in [0, 0.05) is 6.07 Å². The van der Waals surface area contributed by atoms with Crippen LogP contribution in [-0.4, -0.2) is 23.5 Å². The third-order valence-corrected chi connectivity index (χ3v) is 2.67. The van der Waals surface area contributed by atoms with E-state index in [1.807, 2.05) is 0 Å². The molecule has 0 radical (unpaired) electrons. The number of carboxylic acid groups (broad SMARTS) is 1. The molecule has 0 bridgehead atoms. The van der Waals surface area contributed by atoms with Crippen LogP contribution in [0.25, 0.3) is 0 Å². The molecule has 0 saturated carbocycles. The molecule has 0 unspecified atom stereocenters. The number of carbonyl (C=O) groups is 2. The van der Waals surface area contributed by atoms with Gasteiger partial charge in [-0.2, -0.15) is 0 Å². The summed E-state index contributed by atoms with van der Waals surface area (Å²) in [5, 5.41) is 8.57. The molecule has 12 heavy (non-hydrogen) atoms. The quantitative estimate of drug-likeness (QED) is 0.707. The highest BCUT2D eigenvalue weighted by Crippen LogP contribution is 2.33. The minimum absolute atomic E-state index is 0.0427. The molecule has 1 aliphatic rings. The number of fused-ring (bicyclic) bond motifs is 1. The number of ether oxygens (including phenoxy) is 1. The summed E-state index contributed by atoms with van der Waals surface area (Å²) in [6.07, 6.45) is 0. The van der Waals surface area contributed by atoms with E-state index in [-0.39, 0.29) is 17.3 Å². The van der Waals surface area contributed by atoms with Crippen molar-refractivity contribution in [3.8, 4) is 5.75 Å². The maximum Gasteiger partial charge on any atom is 0.346 e. The highest BCUT2D eigenvalue weighted by molar-refractivity contribution is 7.16. The minimum Gasteiger partial charge on any atom is -0.484 e. The van der Waals surface area contributed by atoms with E-state index in [9.17, 15) is 9.59 Å². The lowest BCUT2D eigenvalue weighted by Gasteiger charge is -1.88. The van der Waals surface area contributed by atoms with E-state index in [2.05, 4.69) is 0 Å². The number of thiophene rings is 1. The lowest BCUT2D eigenvalue weighted by atomic mass is 10.3. The zero-order chi connectivity index (χ0) is 8.72. The van der Waals surface area contributed by atoms with Crippen LogP contribution in [0.3, 0.4) is 0 Å². The molecule has 0 aliphatic carbocycles. The molecule has 2 rings (SSSR count). The second kappa shape index (κ2) is 2.31. The molecule has 1 aliphatic heterocycles. The van der Waals surface area contributed by atoms with Gasteiger partial charge in [-0.15, -0.1) is 11.3 Å². The Balaban J connectivity index is 2.49. The molecule has 1 aromatic heterocycles. The van der Waals surface area contributed by atoms with Crippen molar-refractivity contribution in [2.75, 3.05) is 6.61 Å². The molecular formula is C7H4O4S. The Morgan fingerprint density at radius 2 is 2.42 bits per heavy atom. The van der Waals surface area contributed by atoms with Crippen LogP contribution in [0.5, 0.6) is 5.75 Å². The first-order valence-electron chi connectivity index (χ1n) is 3.21. The van der Waals surface area contributed by atoms with Crippen LogP contribution in [0.15, 0.2) is 6.07 Å². The van der Waals surface area contributed by atoms with Gasteiger partial charge in [0.25, 0.3) is 0 Å².